The minimum absolute atomic E-state index is 0. The summed E-state index contributed by atoms with van der Waals surface area (Å²) in [6, 6.07) is 15.3. The number of benzene rings is 2. The van der Waals surface area contributed by atoms with E-state index in [-0.39, 0.29) is 29.9 Å². The molecule has 3 N–H and O–H groups in total. The molecule has 26 heavy (non-hydrogen) atoms. The normalized spacial score (nSPS) is 10.7. The Bertz CT molecular complexity index is 717. The Kier molecular flexibility index (Phi) is 10.0. The summed E-state index contributed by atoms with van der Waals surface area (Å²) in [6.45, 7) is 1.41. The first kappa shape index (κ1) is 22.2. The van der Waals surface area contributed by atoms with Crippen LogP contribution in [0.5, 0.6) is 0 Å². The molecule has 0 bridgehead atoms. The van der Waals surface area contributed by atoms with Gasteiger partial charge in [-0.3, -0.25) is 9.79 Å². The zero-order valence-corrected chi connectivity index (χ0v) is 18.0. The lowest BCUT2D eigenvalue weighted by molar-refractivity contribution is 0.0963. The van der Waals surface area contributed by atoms with Crippen molar-refractivity contribution in [3.8, 4) is 0 Å². The lowest BCUT2D eigenvalue weighted by Gasteiger charge is -2.12. The molecule has 5 nitrogen and oxygen atoms in total. The molecule has 140 valence electrons. The van der Waals surface area contributed by atoms with E-state index in [1.807, 2.05) is 48.5 Å². The Hall–Kier alpha value is -1.80. The molecule has 1 amide bonds. The summed E-state index contributed by atoms with van der Waals surface area (Å²) in [6.07, 6.45) is 0.888. The monoisotopic (exact) mass is 486 g/mol. The molecule has 0 aliphatic rings. The van der Waals surface area contributed by atoms with E-state index in [0.717, 1.165) is 29.5 Å². The van der Waals surface area contributed by atoms with Gasteiger partial charge in [0.1, 0.15) is 0 Å². The van der Waals surface area contributed by atoms with Crippen LogP contribution >= 0.6 is 35.6 Å². The van der Waals surface area contributed by atoms with Crippen LogP contribution in [0.2, 0.25) is 5.02 Å². The van der Waals surface area contributed by atoms with E-state index in [2.05, 4.69) is 20.9 Å². The van der Waals surface area contributed by atoms with Crippen molar-refractivity contribution in [1.29, 1.82) is 0 Å². The number of rotatable bonds is 6. The third-order valence-electron chi connectivity index (χ3n) is 3.75. The van der Waals surface area contributed by atoms with Gasteiger partial charge in [0.2, 0.25) is 0 Å². The highest BCUT2D eigenvalue weighted by Gasteiger charge is 2.03. The van der Waals surface area contributed by atoms with Crippen LogP contribution in [-0.4, -0.2) is 32.5 Å². The minimum Gasteiger partial charge on any atom is -0.356 e. The molecule has 0 heterocycles. The highest BCUT2D eigenvalue weighted by Crippen LogP contribution is 2.09. The number of nitrogens with one attached hydrogen (secondary N) is 3. The molecular weight excluding hydrogens is 463 g/mol. The van der Waals surface area contributed by atoms with E-state index in [1.165, 1.54) is 5.56 Å². The smallest absolute Gasteiger partial charge is 0.251 e. The highest BCUT2D eigenvalue weighted by molar-refractivity contribution is 14.0. The molecular formula is C19H24ClIN4O. The predicted octanol–water partition coefficient (Wildman–Crippen LogP) is 3.23. The fraction of sp³-hybridized carbons (Fsp3) is 0.263. The van der Waals surface area contributed by atoms with Crippen LogP contribution in [0.3, 0.4) is 0 Å². The van der Waals surface area contributed by atoms with Gasteiger partial charge >= 0.3 is 0 Å². The molecule has 0 saturated carbocycles. The van der Waals surface area contributed by atoms with E-state index in [4.69, 9.17) is 11.6 Å². The van der Waals surface area contributed by atoms with Gasteiger partial charge in [0.25, 0.3) is 5.91 Å². The van der Waals surface area contributed by atoms with E-state index >= 15 is 0 Å². The second-order valence-electron chi connectivity index (χ2n) is 5.51. The first-order valence-electron chi connectivity index (χ1n) is 8.12. The van der Waals surface area contributed by atoms with Crippen LogP contribution in [0.25, 0.3) is 0 Å². The number of carbonyl (C=O) groups excluding carboxylic acids is 1. The van der Waals surface area contributed by atoms with Gasteiger partial charge in [-0.05, 0) is 41.8 Å². The molecule has 0 atom stereocenters. The van der Waals surface area contributed by atoms with E-state index in [1.54, 1.807) is 14.1 Å². The average molecular weight is 487 g/mol. The summed E-state index contributed by atoms with van der Waals surface area (Å²) < 4.78 is 0. The van der Waals surface area contributed by atoms with Gasteiger partial charge in [-0.1, -0.05) is 35.9 Å². The van der Waals surface area contributed by atoms with Gasteiger partial charge in [-0.15, -0.1) is 24.0 Å². The SMILES string of the molecule is CN=C(NCCc1ccc(Cl)cc1)NCc1ccc(C(=O)NC)cc1.I. The molecule has 0 unspecified atom stereocenters. The van der Waals surface area contributed by atoms with E-state index < -0.39 is 0 Å². The number of hydrogen-bond donors (Lipinski definition) is 3. The number of amides is 1. The minimum atomic E-state index is -0.0841. The maximum Gasteiger partial charge on any atom is 0.251 e. The average Bonchev–Trinajstić information content (AvgIpc) is 2.65. The number of guanidine groups is 1. The zero-order chi connectivity index (χ0) is 18.1. The van der Waals surface area contributed by atoms with Crippen LogP contribution in [0, 0.1) is 0 Å². The molecule has 0 spiro atoms. The molecule has 7 heteroatoms. The van der Waals surface area contributed by atoms with Crippen molar-refractivity contribution in [3.63, 3.8) is 0 Å². The zero-order valence-electron chi connectivity index (χ0n) is 14.9. The van der Waals surface area contributed by atoms with Gasteiger partial charge in [-0.2, -0.15) is 0 Å². The number of nitrogens with zero attached hydrogens (tertiary/aromatic N) is 1. The van der Waals surface area contributed by atoms with Crippen molar-refractivity contribution in [3.05, 3.63) is 70.2 Å². The molecule has 2 aromatic carbocycles. The number of hydrogen-bond acceptors (Lipinski definition) is 2. The van der Waals surface area contributed by atoms with Crippen LogP contribution in [0.15, 0.2) is 53.5 Å². The van der Waals surface area contributed by atoms with Crippen molar-refractivity contribution in [1.82, 2.24) is 16.0 Å². The molecule has 2 aromatic rings. The Morgan fingerprint density at radius 1 is 1.00 bits per heavy atom. The Balaban J connectivity index is 0.00000338. The molecule has 2 rings (SSSR count). The summed E-state index contributed by atoms with van der Waals surface area (Å²) in [7, 11) is 3.36. The third kappa shape index (κ3) is 7.21. The summed E-state index contributed by atoms with van der Waals surface area (Å²) >= 11 is 5.89. The van der Waals surface area contributed by atoms with Crippen LogP contribution in [-0.2, 0) is 13.0 Å². The Labute approximate surface area is 176 Å². The Morgan fingerprint density at radius 3 is 2.19 bits per heavy atom. The number of carbonyl (C=O) groups is 1. The van der Waals surface area contributed by atoms with Crippen LogP contribution in [0.4, 0.5) is 0 Å². The van der Waals surface area contributed by atoms with Crippen LogP contribution in [0.1, 0.15) is 21.5 Å². The fourth-order valence-electron chi connectivity index (χ4n) is 2.30. The second kappa shape index (κ2) is 11.7. The van der Waals surface area contributed by atoms with Gasteiger partial charge in [0, 0.05) is 37.8 Å². The largest absolute Gasteiger partial charge is 0.356 e. The van der Waals surface area contributed by atoms with Gasteiger partial charge in [-0.25, -0.2) is 0 Å². The van der Waals surface area contributed by atoms with Crippen molar-refractivity contribution in [2.24, 2.45) is 4.99 Å². The quantitative estimate of drug-likeness (QED) is 0.334. The fourth-order valence-corrected chi connectivity index (χ4v) is 2.43. The number of halogens is 2. The third-order valence-corrected chi connectivity index (χ3v) is 4.00. The van der Waals surface area contributed by atoms with Crippen molar-refractivity contribution >= 4 is 47.4 Å². The van der Waals surface area contributed by atoms with Crippen molar-refractivity contribution in [2.75, 3.05) is 20.6 Å². The first-order chi connectivity index (χ1) is 12.1. The van der Waals surface area contributed by atoms with Gasteiger partial charge in [0.05, 0.1) is 0 Å². The second-order valence-corrected chi connectivity index (χ2v) is 5.94. The standard InChI is InChI=1S/C19H23ClN4O.HI/c1-21-18(25)16-7-3-15(4-8-16)13-24-19(22-2)23-12-11-14-5-9-17(20)10-6-14;/h3-10H,11-13H2,1-2H3,(H,21,25)(H2,22,23,24);1H. The molecule has 0 saturated heterocycles. The van der Waals surface area contributed by atoms with Gasteiger partial charge < -0.3 is 16.0 Å². The predicted molar refractivity (Wildman–Crippen MR) is 119 cm³/mol. The molecule has 0 radical (unpaired) electrons. The van der Waals surface area contributed by atoms with Crippen LogP contribution < -0.4 is 16.0 Å². The molecule has 0 aliphatic heterocycles. The summed E-state index contributed by atoms with van der Waals surface area (Å²) in [5, 5.41) is 9.90. The highest BCUT2D eigenvalue weighted by atomic mass is 127. The van der Waals surface area contributed by atoms with E-state index in [9.17, 15) is 4.79 Å². The maximum atomic E-state index is 11.5. The first-order valence-corrected chi connectivity index (χ1v) is 8.50. The van der Waals surface area contributed by atoms with E-state index in [0.29, 0.717) is 12.1 Å². The molecule has 0 fully saturated rings. The molecule has 0 aliphatic carbocycles. The summed E-state index contributed by atoms with van der Waals surface area (Å²) in [4.78, 5) is 15.7. The summed E-state index contributed by atoms with van der Waals surface area (Å²) in [5.41, 5.74) is 2.95. The van der Waals surface area contributed by atoms with Crippen molar-refractivity contribution < 1.29 is 4.79 Å². The Morgan fingerprint density at radius 2 is 1.62 bits per heavy atom. The number of aliphatic imine (C=N–C) groups is 1. The van der Waals surface area contributed by atoms with Crippen molar-refractivity contribution in [2.45, 2.75) is 13.0 Å². The van der Waals surface area contributed by atoms with Gasteiger partial charge in [0.15, 0.2) is 5.96 Å². The molecule has 0 aromatic heterocycles. The summed E-state index contributed by atoms with van der Waals surface area (Å²) in [5.74, 6) is 0.656. The lowest BCUT2D eigenvalue weighted by Crippen LogP contribution is -2.37. The topological polar surface area (TPSA) is 65.5 Å². The maximum absolute atomic E-state index is 11.5. The lowest BCUT2D eigenvalue weighted by atomic mass is 10.1.